The van der Waals surface area contributed by atoms with Gasteiger partial charge in [-0.25, -0.2) is 0 Å². The summed E-state index contributed by atoms with van der Waals surface area (Å²) in [6.07, 6.45) is 0. The summed E-state index contributed by atoms with van der Waals surface area (Å²) in [7, 11) is 0. The minimum absolute atomic E-state index is 0.895. The Morgan fingerprint density at radius 1 is 0.309 bits per heavy atom. The van der Waals surface area contributed by atoms with Gasteiger partial charge in [0, 0.05) is 32.7 Å². The average molecular weight is 701 g/mol. The van der Waals surface area contributed by atoms with E-state index in [1.165, 1.54) is 54.6 Å². The van der Waals surface area contributed by atoms with Gasteiger partial charge in [-0.1, -0.05) is 163 Å². The van der Waals surface area contributed by atoms with Crippen LogP contribution >= 0.6 is 0 Å². The van der Waals surface area contributed by atoms with Crippen molar-refractivity contribution in [1.82, 2.24) is 0 Å². The van der Waals surface area contributed by atoms with Gasteiger partial charge in [-0.15, -0.1) is 0 Å². The summed E-state index contributed by atoms with van der Waals surface area (Å²) in [4.78, 5) is 0. The second kappa shape index (κ2) is 11.4. The predicted octanol–water partition coefficient (Wildman–Crippen LogP) is 15.4. The largest absolute Gasteiger partial charge is 0.455 e. The van der Waals surface area contributed by atoms with Crippen LogP contribution in [0.15, 0.2) is 185 Å². The summed E-state index contributed by atoms with van der Waals surface area (Å²) in [6.45, 7) is 2.14. The molecule has 2 nitrogen and oxygen atoms in total. The monoisotopic (exact) mass is 700 g/mol. The molecule has 0 aliphatic carbocycles. The Morgan fingerprint density at radius 2 is 0.818 bits per heavy atom. The molecule has 0 aliphatic heterocycles. The van der Waals surface area contributed by atoms with Crippen LogP contribution in [0.5, 0.6) is 0 Å². The molecule has 256 valence electrons. The van der Waals surface area contributed by atoms with E-state index >= 15 is 0 Å². The SMILES string of the molecule is Cc1ccc(-c2ccc3ccc4c(-c5cc(-c6cccc7c6oc6ccccc67)ccc5-c5cccc6c5oc5ccccc56)ccc5ccc2c3c54)cc1. The van der Waals surface area contributed by atoms with Crippen LogP contribution in [0.3, 0.4) is 0 Å². The van der Waals surface area contributed by atoms with E-state index in [4.69, 9.17) is 8.83 Å². The molecule has 0 atom stereocenters. The predicted molar refractivity (Wildman–Crippen MR) is 231 cm³/mol. The zero-order valence-corrected chi connectivity index (χ0v) is 30.1. The number of rotatable bonds is 4. The molecule has 10 aromatic carbocycles. The fraction of sp³-hybridized carbons (Fsp3) is 0.0189. The summed E-state index contributed by atoms with van der Waals surface area (Å²) >= 11 is 0. The van der Waals surface area contributed by atoms with Gasteiger partial charge in [-0.2, -0.15) is 0 Å². The highest BCUT2D eigenvalue weighted by Gasteiger charge is 2.21. The maximum absolute atomic E-state index is 6.66. The zero-order chi connectivity index (χ0) is 36.2. The van der Waals surface area contributed by atoms with Crippen molar-refractivity contribution in [2.75, 3.05) is 0 Å². The van der Waals surface area contributed by atoms with Crippen molar-refractivity contribution in [2.24, 2.45) is 0 Å². The maximum Gasteiger partial charge on any atom is 0.143 e. The van der Waals surface area contributed by atoms with Crippen molar-refractivity contribution in [3.05, 3.63) is 181 Å². The summed E-state index contributed by atoms with van der Waals surface area (Å²) in [5.41, 5.74) is 14.1. The van der Waals surface area contributed by atoms with Gasteiger partial charge in [-0.3, -0.25) is 0 Å². The van der Waals surface area contributed by atoms with E-state index < -0.39 is 0 Å². The lowest BCUT2D eigenvalue weighted by atomic mass is 9.84. The molecule has 0 N–H and O–H groups in total. The molecule has 0 aliphatic rings. The fourth-order valence-corrected chi connectivity index (χ4v) is 9.12. The highest BCUT2D eigenvalue weighted by molar-refractivity contribution is 6.28. The molecular weight excluding hydrogens is 669 g/mol. The van der Waals surface area contributed by atoms with Crippen molar-refractivity contribution in [3.8, 4) is 44.5 Å². The van der Waals surface area contributed by atoms with Crippen molar-refractivity contribution in [1.29, 1.82) is 0 Å². The van der Waals surface area contributed by atoms with Crippen LogP contribution in [0.1, 0.15) is 5.56 Å². The Balaban J connectivity index is 1.16. The lowest BCUT2D eigenvalue weighted by Crippen LogP contribution is -1.92. The molecule has 0 spiro atoms. The van der Waals surface area contributed by atoms with Crippen LogP contribution < -0.4 is 0 Å². The van der Waals surface area contributed by atoms with Gasteiger partial charge < -0.3 is 8.83 Å². The summed E-state index contributed by atoms with van der Waals surface area (Å²) in [5, 5.41) is 12.1. The maximum atomic E-state index is 6.66. The molecule has 0 amide bonds. The molecule has 0 fully saturated rings. The summed E-state index contributed by atoms with van der Waals surface area (Å²) in [6, 6.07) is 63.8. The van der Waals surface area contributed by atoms with E-state index in [0.29, 0.717) is 0 Å². The van der Waals surface area contributed by atoms with E-state index in [9.17, 15) is 0 Å². The van der Waals surface area contributed by atoms with Crippen LogP contribution in [0.2, 0.25) is 0 Å². The molecule has 12 rings (SSSR count). The van der Waals surface area contributed by atoms with E-state index in [1.807, 2.05) is 12.1 Å². The third-order valence-corrected chi connectivity index (χ3v) is 11.7. The molecule has 0 saturated heterocycles. The normalized spacial score (nSPS) is 12.1. The second-order valence-electron chi connectivity index (χ2n) is 14.8. The topological polar surface area (TPSA) is 26.3 Å². The molecule has 55 heavy (non-hydrogen) atoms. The Labute approximate surface area is 316 Å². The molecular formula is C53H32O2. The Kier molecular flexibility index (Phi) is 6.29. The van der Waals surface area contributed by atoms with E-state index in [0.717, 1.165) is 71.7 Å². The van der Waals surface area contributed by atoms with Crippen LogP contribution in [0, 0.1) is 6.92 Å². The first kappa shape index (κ1) is 30.3. The van der Waals surface area contributed by atoms with Crippen molar-refractivity contribution in [3.63, 3.8) is 0 Å². The highest BCUT2D eigenvalue weighted by atomic mass is 16.3. The van der Waals surface area contributed by atoms with Gasteiger partial charge in [0.2, 0.25) is 0 Å². The number of para-hydroxylation sites is 4. The molecule has 12 aromatic rings. The minimum atomic E-state index is 0.895. The highest BCUT2D eigenvalue weighted by Crippen LogP contribution is 2.47. The molecule has 2 heteroatoms. The van der Waals surface area contributed by atoms with Gasteiger partial charge in [0.05, 0.1) is 0 Å². The molecule has 0 radical (unpaired) electrons. The van der Waals surface area contributed by atoms with Crippen molar-refractivity contribution in [2.45, 2.75) is 6.92 Å². The number of hydrogen-bond acceptors (Lipinski definition) is 2. The van der Waals surface area contributed by atoms with E-state index in [-0.39, 0.29) is 0 Å². The smallest absolute Gasteiger partial charge is 0.143 e. The molecule has 0 unspecified atom stereocenters. The molecule has 0 saturated carbocycles. The Morgan fingerprint density at radius 3 is 1.49 bits per heavy atom. The average Bonchev–Trinajstić information content (AvgIpc) is 3.82. The number of hydrogen-bond donors (Lipinski definition) is 0. The number of fused-ring (bicyclic) bond motifs is 6. The van der Waals surface area contributed by atoms with Crippen molar-refractivity contribution < 1.29 is 8.83 Å². The number of furan rings is 2. The number of aryl methyl sites for hydroxylation is 1. The molecule has 0 bridgehead atoms. The minimum Gasteiger partial charge on any atom is -0.455 e. The van der Waals surface area contributed by atoms with Gasteiger partial charge in [0.1, 0.15) is 22.3 Å². The van der Waals surface area contributed by atoms with Crippen LogP contribution in [-0.2, 0) is 0 Å². The van der Waals surface area contributed by atoms with Crippen LogP contribution in [-0.4, -0.2) is 0 Å². The van der Waals surface area contributed by atoms with Gasteiger partial charge in [0.15, 0.2) is 0 Å². The first-order chi connectivity index (χ1) is 27.2. The van der Waals surface area contributed by atoms with Gasteiger partial charge in [-0.05, 0) is 90.8 Å². The Bertz CT molecular complexity index is 3490. The third kappa shape index (κ3) is 4.43. The van der Waals surface area contributed by atoms with Gasteiger partial charge in [0.25, 0.3) is 0 Å². The van der Waals surface area contributed by atoms with E-state index in [1.54, 1.807) is 0 Å². The quantitative estimate of drug-likeness (QED) is 0.171. The fourth-order valence-electron chi connectivity index (χ4n) is 9.12. The first-order valence-electron chi connectivity index (χ1n) is 18.9. The Hall–Kier alpha value is -7.16. The standard InChI is InChI=1S/C53H32O2/c1-31-16-18-32(19-17-31)36-25-20-33-23-29-43-38(26-21-34-22-28-42(36)50(33)51(34)43)47-30-35(37-10-6-12-45-40-8-2-4-14-48(40)54-52(37)45)24-27-39(47)44-11-7-13-46-41-9-3-5-15-49(41)55-53(44)46/h2-30H,1H3. The van der Waals surface area contributed by atoms with Gasteiger partial charge >= 0.3 is 0 Å². The molecule has 2 heterocycles. The lowest BCUT2D eigenvalue weighted by Gasteiger charge is -2.19. The zero-order valence-electron chi connectivity index (χ0n) is 30.1. The summed E-state index contributed by atoms with van der Waals surface area (Å²) < 4.78 is 13.2. The summed E-state index contributed by atoms with van der Waals surface area (Å²) in [5.74, 6) is 0. The van der Waals surface area contributed by atoms with Crippen LogP contribution in [0.4, 0.5) is 0 Å². The second-order valence-corrected chi connectivity index (χ2v) is 14.8. The first-order valence-corrected chi connectivity index (χ1v) is 18.9. The molecule has 2 aromatic heterocycles. The number of benzene rings is 10. The van der Waals surface area contributed by atoms with Crippen molar-refractivity contribution >= 4 is 76.2 Å². The van der Waals surface area contributed by atoms with Crippen LogP contribution in [0.25, 0.3) is 121 Å². The third-order valence-electron chi connectivity index (χ3n) is 11.7. The van der Waals surface area contributed by atoms with E-state index in [2.05, 4.69) is 171 Å². The lowest BCUT2D eigenvalue weighted by molar-refractivity contribution is 0.669.